The van der Waals surface area contributed by atoms with Gasteiger partial charge in [0.05, 0.1) is 6.61 Å². The van der Waals surface area contributed by atoms with Gasteiger partial charge in [0, 0.05) is 6.04 Å². The van der Waals surface area contributed by atoms with E-state index in [1.54, 1.807) is 0 Å². The molecule has 1 aromatic rings. The summed E-state index contributed by atoms with van der Waals surface area (Å²) in [6.45, 7) is 7.53. The predicted octanol–water partition coefficient (Wildman–Crippen LogP) is 4.57. The van der Waals surface area contributed by atoms with Gasteiger partial charge in [0.25, 0.3) is 0 Å². The monoisotopic (exact) mass is 378 g/mol. The van der Waals surface area contributed by atoms with Gasteiger partial charge in [-0.2, -0.15) is 0 Å². The molecule has 0 aliphatic rings. The molecule has 0 saturated carbocycles. The van der Waals surface area contributed by atoms with Crippen LogP contribution in [-0.2, 0) is 6.42 Å². The summed E-state index contributed by atoms with van der Waals surface area (Å²) in [5, 5.41) is 3.60. The first-order valence-corrected chi connectivity index (χ1v) is 8.71. The lowest BCUT2D eigenvalue weighted by Crippen LogP contribution is -2.29. The van der Waals surface area contributed by atoms with Crippen LogP contribution in [-0.4, -0.2) is 44.7 Å². The number of unbranched alkanes of at least 4 members (excludes halogenated alkanes) is 1. The molecule has 1 aromatic carbocycles. The fourth-order valence-electron chi connectivity index (χ4n) is 2.32. The van der Waals surface area contributed by atoms with E-state index in [0.717, 1.165) is 38.3 Å². The van der Waals surface area contributed by atoms with Crippen LogP contribution in [0.25, 0.3) is 0 Å². The highest BCUT2D eigenvalue weighted by molar-refractivity contribution is 5.85. The van der Waals surface area contributed by atoms with Gasteiger partial charge in [0.15, 0.2) is 0 Å². The van der Waals surface area contributed by atoms with Crippen LogP contribution in [0.15, 0.2) is 24.3 Å². The fourth-order valence-corrected chi connectivity index (χ4v) is 2.32. The number of aryl methyl sites for hydroxylation is 1. The van der Waals surface area contributed by atoms with Crippen LogP contribution in [0.5, 0.6) is 5.75 Å². The van der Waals surface area contributed by atoms with E-state index in [9.17, 15) is 0 Å². The van der Waals surface area contributed by atoms with Crippen molar-refractivity contribution in [2.45, 2.75) is 52.0 Å². The quantitative estimate of drug-likeness (QED) is 0.539. The Morgan fingerprint density at radius 3 is 2.33 bits per heavy atom. The Bertz CT molecular complexity index is 385. The highest BCUT2D eigenvalue weighted by Gasteiger charge is 2.02. The van der Waals surface area contributed by atoms with Crippen molar-refractivity contribution >= 4 is 24.8 Å². The molecule has 5 heteroatoms. The Kier molecular flexibility index (Phi) is 17.2. The van der Waals surface area contributed by atoms with Gasteiger partial charge < -0.3 is 15.0 Å². The largest absolute Gasteiger partial charge is 0.494 e. The molecule has 0 bridgehead atoms. The van der Waals surface area contributed by atoms with Gasteiger partial charge in [-0.1, -0.05) is 25.5 Å². The number of ether oxygens (including phenoxy) is 1. The molecule has 1 atom stereocenters. The van der Waals surface area contributed by atoms with E-state index in [-0.39, 0.29) is 24.8 Å². The summed E-state index contributed by atoms with van der Waals surface area (Å²) in [4.78, 5) is 2.23. The number of nitrogens with one attached hydrogen (secondary N) is 1. The van der Waals surface area contributed by atoms with Crippen molar-refractivity contribution in [1.82, 2.24) is 10.2 Å². The zero-order valence-electron chi connectivity index (χ0n) is 15.7. The van der Waals surface area contributed by atoms with Crippen LogP contribution in [0.1, 0.15) is 45.1 Å². The predicted molar refractivity (Wildman–Crippen MR) is 110 cm³/mol. The number of halogens is 2. The Hall–Kier alpha value is -0.480. The lowest BCUT2D eigenvalue weighted by Gasteiger charge is -2.15. The third kappa shape index (κ3) is 12.9. The van der Waals surface area contributed by atoms with E-state index in [1.165, 1.54) is 24.8 Å². The molecule has 0 amide bonds. The van der Waals surface area contributed by atoms with Crippen molar-refractivity contribution in [3.05, 3.63) is 29.8 Å². The zero-order chi connectivity index (χ0) is 16.2. The standard InChI is InChI=1S/C19H34N2O.2ClH/c1-5-6-16-22-19-12-10-18(11-13-19)9-8-17(2)20-14-7-15-21(3)4;;/h10-13,17,20H,5-9,14-16H2,1-4H3;2*1H. The van der Waals surface area contributed by atoms with Crippen molar-refractivity contribution in [2.24, 2.45) is 0 Å². The molecule has 142 valence electrons. The van der Waals surface area contributed by atoms with Crippen LogP contribution in [0.4, 0.5) is 0 Å². The highest BCUT2D eigenvalue weighted by Crippen LogP contribution is 2.14. The fraction of sp³-hybridized carbons (Fsp3) is 0.684. The van der Waals surface area contributed by atoms with E-state index in [0.29, 0.717) is 6.04 Å². The number of benzene rings is 1. The van der Waals surface area contributed by atoms with Gasteiger partial charge in [-0.15, -0.1) is 24.8 Å². The van der Waals surface area contributed by atoms with Crippen molar-refractivity contribution in [1.29, 1.82) is 0 Å². The molecule has 0 aliphatic carbocycles. The molecule has 0 radical (unpaired) electrons. The lowest BCUT2D eigenvalue weighted by atomic mass is 10.1. The molecule has 0 aromatic heterocycles. The number of nitrogens with zero attached hydrogens (tertiary/aromatic N) is 1. The summed E-state index contributed by atoms with van der Waals surface area (Å²) in [7, 11) is 4.25. The molecule has 0 spiro atoms. The Morgan fingerprint density at radius 2 is 1.75 bits per heavy atom. The molecular weight excluding hydrogens is 343 g/mol. The Balaban J connectivity index is 0. The number of hydrogen-bond acceptors (Lipinski definition) is 3. The van der Waals surface area contributed by atoms with Gasteiger partial charge in [-0.05, 0) is 77.5 Å². The molecule has 0 heterocycles. The molecule has 1 rings (SSSR count). The summed E-state index contributed by atoms with van der Waals surface area (Å²) < 4.78 is 5.70. The first kappa shape index (κ1) is 25.8. The van der Waals surface area contributed by atoms with Crippen molar-refractivity contribution in [3.8, 4) is 5.75 Å². The van der Waals surface area contributed by atoms with Gasteiger partial charge in [0.2, 0.25) is 0 Å². The maximum absolute atomic E-state index is 5.70. The molecule has 24 heavy (non-hydrogen) atoms. The van der Waals surface area contributed by atoms with Gasteiger partial charge in [-0.25, -0.2) is 0 Å². The van der Waals surface area contributed by atoms with Gasteiger partial charge in [0.1, 0.15) is 5.75 Å². The average Bonchev–Trinajstić information content (AvgIpc) is 2.51. The van der Waals surface area contributed by atoms with E-state index >= 15 is 0 Å². The maximum Gasteiger partial charge on any atom is 0.119 e. The molecule has 0 aliphatic heterocycles. The van der Waals surface area contributed by atoms with Crippen LogP contribution < -0.4 is 10.1 Å². The molecule has 0 fully saturated rings. The summed E-state index contributed by atoms with van der Waals surface area (Å²) in [5.41, 5.74) is 1.39. The number of hydrogen-bond donors (Lipinski definition) is 1. The summed E-state index contributed by atoms with van der Waals surface area (Å²) in [6.07, 6.45) is 5.81. The average molecular weight is 379 g/mol. The normalized spacial score (nSPS) is 11.5. The third-order valence-electron chi connectivity index (χ3n) is 3.83. The summed E-state index contributed by atoms with van der Waals surface area (Å²) in [5.74, 6) is 0.993. The second-order valence-electron chi connectivity index (χ2n) is 6.40. The van der Waals surface area contributed by atoms with Gasteiger partial charge >= 0.3 is 0 Å². The SMILES string of the molecule is CCCCOc1ccc(CCC(C)NCCCN(C)C)cc1.Cl.Cl. The highest BCUT2D eigenvalue weighted by atomic mass is 35.5. The smallest absolute Gasteiger partial charge is 0.119 e. The van der Waals surface area contributed by atoms with E-state index in [1.807, 2.05) is 0 Å². The second kappa shape index (κ2) is 16.0. The Morgan fingerprint density at radius 1 is 1.08 bits per heavy atom. The van der Waals surface area contributed by atoms with Crippen LogP contribution in [0, 0.1) is 0 Å². The first-order chi connectivity index (χ1) is 10.6. The molecular formula is C19H36Cl2N2O. The molecule has 1 N–H and O–H groups in total. The number of rotatable bonds is 12. The van der Waals surface area contributed by atoms with E-state index in [2.05, 4.69) is 62.4 Å². The molecule has 3 nitrogen and oxygen atoms in total. The third-order valence-corrected chi connectivity index (χ3v) is 3.83. The maximum atomic E-state index is 5.70. The minimum Gasteiger partial charge on any atom is -0.494 e. The molecule has 0 saturated heterocycles. The molecule has 1 unspecified atom stereocenters. The van der Waals surface area contributed by atoms with Crippen molar-refractivity contribution in [2.75, 3.05) is 33.8 Å². The lowest BCUT2D eigenvalue weighted by molar-refractivity contribution is 0.309. The van der Waals surface area contributed by atoms with E-state index < -0.39 is 0 Å². The summed E-state index contributed by atoms with van der Waals surface area (Å²) >= 11 is 0. The minimum absolute atomic E-state index is 0. The first-order valence-electron chi connectivity index (χ1n) is 8.71. The van der Waals surface area contributed by atoms with E-state index in [4.69, 9.17) is 4.74 Å². The minimum atomic E-state index is 0. The van der Waals surface area contributed by atoms with Crippen molar-refractivity contribution < 1.29 is 4.74 Å². The Labute approximate surface area is 161 Å². The summed E-state index contributed by atoms with van der Waals surface area (Å²) in [6, 6.07) is 9.16. The van der Waals surface area contributed by atoms with Crippen LogP contribution >= 0.6 is 24.8 Å². The van der Waals surface area contributed by atoms with Crippen LogP contribution in [0.3, 0.4) is 0 Å². The topological polar surface area (TPSA) is 24.5 Å². The zero-order valence-corrected chi connectivity index (χ0v) is 17.3. The van der Waals surface area contributed by atoms with Crippen LogP contribution in [0.2, 0.25) is 0 Å². The second-order valence-corrected chi connectivity index (χ2v) is 6.40. The van der Waals surface area contributed by atoms with Gasteiger partial charge in [-0.3, -0.25) is 0 Å². The van der Waals surface area contributed by atoms with Crippen molar-refractivity contribution in [3.63, 3.8) is 0 Å².